The summed E-state index contributed by atoms with van der Waals surface area (Å²) in [6, 6.07) is 16.6. The molecule has 0 fully saturated rings. The molecule has 10 heteroatoms. The van der Waals surface area contributed by atoms with Gasteiger partial charge < -0.3 is 13.8 Å². The largest absolute Gasteiger partial charge is 0.513 e. The molecule has 3 rings (SSSR count). The van der Waals surface area contributed by atoms with E-state index in [0.717, 1.165) is 5.39 Å². The number of nitrogens with zero attached hydrogens (tertiary/aromatic N) is 1. The van der Waals surface area contributed by atoms with Crippen LogP contribution < -0.4 is 14.1 Å². The molecule has 1 N–H and O–H groups in total. The Morgan fingerprint density at radius 2 is 1.74 bits per heavy atom. The molecule has 162 valence electrons. The maximum atomic E-state index is 13.6. The molecular formula is C21H21N2O7P. The first-order valence-corrected chi connectivity index (χ1v) is 11.0. The van der Waals surface area contributed by atoms with Gasteiger partial charge in [0, 0.05) is 17.5 Å². The minimum absolute atomic E-state index is 0.0673. The summed E-state index contributed by atoms with van der Waals surface area (Å²) >= 11 is 0. The molecule has 0 aliphatic carbocycles. The van der Waals surface area contributed by atoms with Gasteiger partial charge in [0.2, 0.25) is 0 Å². The molecular weight excluding hydrogens is 423 g/mol. The Morgan fingerprint density at radius 1 is 1.06 bits per heavy atom. The number of carbonyl (C=O) groups is 1. The average Bonchev–Trinajstić information content (AvgIpc) is 2.74. The molecule has 0 saturated carbocycles. The number of benzene rings is 3. The molecule has 9 nitrogen and oxygen atoms in total. The Labute approximate surface area is 178 Å². The lowest BCUT2D eigenvalue weighted by molar-refractivity contribution is -0.384. The van der Waals surface area contributed by atoms with E-state index in [9.17, 15) is 19.5 Å². The predicted molar refractivity (Wildman–Crippen MR) is 115 cm³/mol. The van der Waals surface area contributed by atoms with Gasteiger partial charge in [0.15, 0.2) is 0 Å². The van der Waals surface area contributed by atoms with E-state index in [0.29, 0.717) is 5.39 Å². The monoisotopic (exact) mass is 444 g/mol. The molecule has 31 heavy (non-hydrogen) atoms. The number of ether oxygens (including phenoxy) is 1. The molecule has 0 radical (unpaired) electrons. The molecule has 0 aliphatic rings. The Kier molecular flexibility index (Phi) is 6.89. The lowest BCUT2D eigenvalue weighted by atomic mass is 10.1. The van der Waals surface area contributed by atoms with Crippen LogP contribution >= 0.6 is 7.75 Å². The summed E-state index contributed by atoms with van der Waals surface area (Å²) in [6.07, 6.45) is 0. The van der Waals surface area contributed by atoms with E-state index in [1.54, 1.807) is 25.1 Å². The minimum atomic E-state index is -4.16. The molecule has 0 heterocycles. The zero-order valence-electron chi connectivity index (χ0n) is 16.9. The third-order valence-electron chi connectivity index (χ3n) is 4.23. The lowest BCUT2D eigenvalue weighted by Gasteiger charge is -2.23. The quantitative estimate of drug-likeness (QED) is 0.215. The van der Waals surface area contributed by atoms with Crippen molar-refractivity contribution in [1.29, 1.82) is 0 Å². The van der Waals surface area contributed by atoms with Crippen molar-refractivity contribution in [3.63, 3.8) is 0 Å². The average molecular weight is 444 g/mol. The standard InChI is InChI=1S/C21H21N2O7P/c1-3-28-21(24)15(2)22-31(27,29-18-13-11-17(12-14-18)23(25)26)30-20-10-6-8-16-7-4-5-9-19(16)20/h4-15H,3H2,1-2H3,(H,22,27)/t15-,31-/m0/s1. The number of nitrogens with one attached hydrogen (secondary N) is 1. The minimum Gasteiger partial charge on any atom is -0.465 e. The van der Waals surface area contributed by atoms with Crippen LogP contribution in [-0.4, -0.2) is 23.5 Å². The van der Waals surface area contributed by atoms with Crippen molar-refractivity contribution in [3.8, 4) is 11.5 Å². The summed E-state index contributed by atoms with van der Waals surface area (Å²) in [7, 11) is -4.16. The van der Waals surface area contributed by atoms with Gasteiger partial charge in [-0.25, -0.2) is 4.57 Å². The topological polar surface area (TPSA) is 117 Å². The highest BCUT2D eigenvalue weighted by Gasteiger charge is 2.34. The highest BCUT2D eigenvalue weighted by Crippen LogP contribution is 2.47. The van der Waals surface area contributed by atoms with E-state index in [1.165, 1.54) is 31.2 Å². The van der Waals surface area contributed by atoms with Crippen molar-refractivity contribution in [2.75, 3.05) is 6.61 Å². The fraction of sp³-hybridized carbons (Fsp3) is 0.190. The second kappa shape index (κ2) is 9.59. The highest BCUT2D eigenvalue weighted by molar-refractivity contribution is 7.52. The molecule has 0 aliphatic heterocycles. The van der Waals surface area contributed by atoms with Crippen LogP contribution in [0.2, 0.25) is 0 Å². The van der Waals surface area contributed by atoms with Crippen LogP contribution in [-0.2, 0) is 14.1 Å². The maximum Gasteiger partial charge on any atom is 0.513 e. The van der Waals surface area contributed by atoms with Crippen LogP contribution in [0.3, 0.4) is 0 Å². The van der Waals surface area contributed by atoms with E-state index in [1.807, 2.05) is 24.3 Å². The van der Waals surface area contributed by atoms with Crippen molar-refractivity contribution in [2.45, 2.75) is 19.9 Å². The molecule has 0 bridgehead atoms. The Hall–Kier alpha value is -3.42. The number of esters is 1. The first kappa shape index (κ1) is 22.3. The van der Waals surface area contributed by atoms with Crippen LogP contribution in [0.4, 0.5) is 5.69 Å². The number of rotatable bonds is 9. The molecule has 0 saturated heterocycles. The normalized spacial score (nSPS) is 13.7. The number of nitro groups is 1. The molecule has 2 atom stereocenters. The molecule has 0 aromatic heterocycles. The van der Waals surface area contributed by atoms with E-state index in [4.69, 9.17) is 13.8 Å². The van der Waals surface area contributed by atoms with Crippen LogP contribution in [0.25, 0.3) is 10.8 Å². The number of hydrogen-bond acceptors (Lipinski definition) is 7. The van der Waals surface area contributed by atoms with Gasteiger partial charge in [-0.2, -0.15) is 5.09 Å². The van der Waals surface area contributed by atoms with Crippen molar-refractivity contribution in [2.24, 2.45) is 0 Å². The summed E-state index contributed by atoms with van der Waals surface area (Å²) in [5.74, 6) is -0.277. The second-order valence-corrected chi connectivity index (χ2v) is 8.13. The number of nitro benzene ring substituents is 1. The van der Waals surface area contributed by atoms with Crippen LogP contribution in [0.1, 0.15) is 13.8 Å². The summed E-state index contributed by atoms with van der Waals surface area (Å²) < 4.78 is 29.9. The van der Waals surface area contributed by atoms with Gasteiger partial charge in [0.05, 0.1) is 11.5 Å². The van der Waals surface area contributed by atoms with E-state index < -0.39 is 24.7 Å². The van der Waals surface area contributed by atoms with Crippen LogP contribution in [0.5, 0.6) is 11.5 Å². The summed E-state index contributed by atoms with van der Waals surface area (Å²) in [6.45, 7) is 3.28. The fourth-order valence-electron chi connectivity index (χ4n) is 2.80. The summed E-state index contributed by atoms with van der Waals surface area (Å²) in [4.78, 5) is 22.4. The van der Waals surface area contributed by atoms with Crippen molar-refractivity contribution < 1.29 is 28.1 Å². The number of non-ortho nitro benzene ring substituents is 1. The van der Waals surface area contributed by atoms with Crippen molar-refractivity contribution in [3.05, 3.63) is 76.8 Å². The van der Waals surface area contributed by atoms with E-state index >= 15 is 0 Å². The molecule has 0 amide bonds. The van der Waals surface area contributed by atoms with Gasteiger partial charge in [-0.1, -0.05) is 36.4 Å². The Morgan fingerprint density at radius 3 is 2.42 bits per heavy atom. The molecule has 0 spiro atoms. The molecule has 0 unspecified atom stereocenters. The smallest absolute Gasteiger partial charge is 0.465 e. The van der Waals surface area contributed by atoms with E-state index in [-0.39, 0.29) is 23.8 Å². The number of hydrogen-bond donors (Lipinski definition) is 1. The van der Waals surface area contributed by atoms with Gasteiger partial charge in [-0.05, 0) is 37.4 Å². The van der Waals surface area contributed by atoms with Gasteiger partial charge in [0.1, 0.15) is 17.5 Å². The second-order valence-electron chi connectivity index (χ2n) is 6.51. The Balaban J connectivity index is 1.93. The molecule has 3 aromatic rings. The summed E-state index contributed by atoms with van der Waals surface area (Å²) in [5, 5.41) is 15.0. The van der Waals surface area contributed by atoms with E-state index in [2.05, 4.69) is 5.09 Å². The van der Waals surface area contributed by atoms with Crippen molar-refractivity contribution >= 4 is 30.2 Å². The van der Waals surface area contributed by atoms with Gasteiger partial charge in [0.25, 0.3) is 5.69 Å². The number of carbonyl (C=O) groups excluding carboxylic acids is 1. The molecule has 3 aromatic carbocycles. The lowest BCUT2D eigenvalue weighted by Crippen LogP contribution is -2.35. The van der Waals surface area contributed by atoms with Crippen LogP contribution in [0, 0.1) is 10.1 Å². The number of fused-ring (bicyclic) bond motifs is 1. The fourth-order valence-corrected chi connectivity index (χ4v) is 4.34. The third kappa shape index (κ3) is 5.59. The first-order valence-electron chi connectivity index (χ1n) is 9.47. The zero-order valence-corrected chi connectivity index (χ0v) is 17.8. The SMILES string of the molecule is CCOC(=O)[C@H](C)N[P@](=O)(Oc1ccc([N+](=O)[O-])cc1)Oc1cccc2ccccc12. The highest BCUT2D eigenvalue weighted by atomic mass is 31.2. The third-order valence-corrected chi connectivity index (χ3v) is 5.82. The van der Waals surface area contributed by atoms with Crippen molar-refractivity contribution in [1.82, 2.24) is 5.09 Å². The van der Waals surface area contributed by atoms with Gasteiger partial charge in [-0.3, -0.25) is 14.9 Å². The van der Waals surface area contributed by atoms with Gasteiger partial charge in [-0.15, -0.1) is 0 Å². The Bertz CT molecular complexity index is 1130. The zero-order chi connectivity index (χ0) is 22.4. The summed E-state index contributed by atoms with van der Waals surface area (Å²) in [5.41, 5.74) is -0.148. The van der Waals surface area contributed by atoms with Crippen LogP contribution in [0.15, 0.2) is 66.7 Å². The van der Waals surface area contributed by atoms with Gasteiger partial charge >= 0.3 is 13.7 Å². The first-order chi connectivity index (χ1) is 14.8. The maximum absolute atomic E-state index is 13.6. The predicted octanol–water partition coefficient (Wildman–Crippen LogP) is 4.86.